The maximum Gasteiger partial charge on any atom is 0.255 e. The molecule has 1 aromatic rings. The predicted molar refractivity (Wildman–Crippen MR) is 92.9 cm³/mol. The van der Waals surface area contributed by atoms with Gasteiger partial charge in [-0.1, -0.05) is 27.2 Å². The number of hydrogen-bond acceptors (Lipinski definition) is 3. The average Bonchev–Trinajstić information content (AvgIpc) is 2.47. The van der Waals surface area contributed by atoms with Crippen LogP contribution in [0.4, 0.5) is 5.69 Å². The Bertz CT molecular complexity index is 527. The van der Waals surface area contributed by atoms with Crippen LogP contribution in [0.1, 0.15) is 57.3 Å². The Kier molecular flexibility index (Phi) is 8.16. The van der Waals surface area contributed by atoms with Gasteiger partial charge in [-0.15, -0.1) is 0 Å². The van der Waals surface area contributed by atoms with Gasteiger partial charge in [-0.05, 0) is 37.0 Å². The van der Waals surface area contributed by atoms with Gasteiger partial charge in [0.1, 0.15) is 5.75 Å². The first-order chi connectivity index (χ1) is 10.9. The number of nitrogens with one attached hydrogen (secondary N) is 2. The fourth-order valence-electron chi connectivity index (χ4n) is 1.99. The number of carbonyl (C=O) groups is 2. The van der Waals surface area contributed by atoms with Crippen molar-refractivity contribution >= 4 is 17.5 Å². The quantitative estimate of drug-likeness (QED) is 0.683. The van der Waals surface area contributed by atoms with Crippen molar-refractivity contribution < 1.29 is 14.3 Å². The Morgan fingerprint density at radius 3 is 2.61 bits per heavy atom. The van der Waals surface area contributed by atoms with Crippen molar-refractivity contribution in [3.63, 3.8) is 0 Å². The van der Waals surface area contributed by atoms with Gasteiger partial charge < -0.3 is 15.4 Å². The van der Waals surface area contributed by atoms with E-state index >= 15 is 0 Å². The molecule has 0 fully saturated rings. The summed E-state index contributed by atoms with van der Waals surface area (Å²) >= 11 is 0. The first-order valence-corrected chi connectivity index (χ1v) is 8.26. The van der Waals surface area contributed by atoms with E-state index in [0.29, 0.717) is 36.1 Å². The summed E-state index contributed by atoms with van der Waals surface area (Å²) in [5.74, 6) is 0.741. The molecule has 128 valence electrons. The molecule has 5 heteroatoms. The summed E-state index contributed by atoms with van der Waals surface area (Å²) < 4.78 is 5.76. The summed E-state index contributed by atoms with van der Waals surface area (Å²) in [6.07, 6.45) is 2.87. The summed E-state index contributed by atoms with van der Waals surface area (Å²) in [6, 6.07) is 5.14. The second kappa shape index (κ2) is 9.87. The van der Waals surface area contributed by atoms with Crippen molar-refractivity contribution in [3.05, 3.63) is 23.8 Å². The number of ether oxygens (including phenoxy) is 1. The molecule has 0 bridgehead atoms. The molecule has 0 radical (unpaired) electrons. The Hall–Kier alpha value is -2.04. The van der Waals surface area contributed by atoms with E-state index in [0.717, 1.165) is 19.3 Å². The van der Waals surface area contributed by atoms with Crippen LogP contribution in [-0.4, -0.2) is 25.0 Å². The molecule has 2 N–H and O–H groups in total. The van der Waals surface area contributed by atoms with Gasteiger partial charge in [0.2, 0.25) is 5.91 Å². The molecule has 23 heavy (non-hydrogen) atoms. The van der Waals surface area contributed by atoms with E-state index in [9.17, 15) is 9.59 Å². The maximum absolute atomic E-state index is 12.4. The third kappa shape index (κ3) is 7.17. The largest absolute Gasteiger partial charge is 0.493 e. The van der Waals surface area contributed by atoms with Crippen LogP contribution < -0.4 is 15.4 Å². The van der Waals surface area contributed by atoms with E-state index in [1.807, 2.05) is 0 Å². The van der Waals surface area contributed by atoms with Gasteiger partial charge in [0.25, 0.3) is 5.91 Å². The van der Waals surface area contributed by atoms with E-state index in [1.54, 1.807) is 18.2 Å². The standard InChI is InChI=1S/C18H28N2O3/c1-5-6-10-19-18(22)16-12-15(20-14(4)21)7-8-17(16)23-11-9-13(2)3/h7-8,12-13H,5-6,9-11H2,1-4H3,(H,19,22)(H,20,21). The predicted octanol–water partition coefficient (Wildman–Crippen LogP) is 3.60. The van der Waals surface area contributed by atoms with Gasteiger partial charge in [0, 0.05) is 19.2 Å². The maximum atomic E-state index is 12.4. The van der Waals surface area contributed by atoms with E-state index in [1.165, 1.54) is 6.92 Å². The third-order valence-electron chi connectivity index (χ3n) is 3.31. The lowest BCUT2D eigenvalue weighted by atomic mass is 10.1. The van der Waals surface area contributed by atoms with Crippen molar-refractivity contribution in [2.75, 3.05) is 18.5 Å². The minimum Gasteiger partial charge on any atom is -0.493 e. The van der Waals surface area contributed by atoms with Crippen LogP contribution in [0.2, 0.25) is 0 Å². The molecule has 0 aromatic heterocycles. The van der Waals surface area contributed by atoms with E-state index in [-0.39, 0.29) is 11.8 Å². The van der Waals surface area contributed by atoms with Crippen LogP contribution in [-0.2, 0) is 4.79 Å². The molecule has 0 spiro atoms. The lowest BCUT2D eigenvalue weighted by molar-refractivity contribution is -0.114. The van der Waals surface area contributed by atoms with Crippen molar-refractivity contribution in [2.45, 2.75) is 47.0 Å². The normalized spacial score (nSPS) is 10.5. The second-order valence-corrected chi connectivity index (χ2v) is 6.03. The molecule has 0 aliphatic heterocycles. The molecule has 1 aromatic carbocycles. The number of carbonyl (C=O) groups excluding carboxylic acids is 2. The topological polar surface area (TPSA) is 67.4 Å². The molecular formula is C18H28N2O3. The molecule has 0 aliphatic carbocycles. The van der Waals surface area contributed by atoms with E-state index in [4.69, 9.17) is 4.74 Å². The highest BCUT2D eigenvalue weighted by Gasteiger charge is 2.14. The number of hydrogen-bond donors (Lipinski definition) is 2. The van der Waals surface area contributed by atoms with Crippen molar-refractivity contribution in [1.82, 2.24) is 5.32 Å². The van der Waals surface area contributed by atoms with Gasteiger partial charge >= 0.3 is 0 Å². The SMILES string of the molecule is CCCCNC(=O)c1cc(NC(C)=O)ccc1OCCC(C)C. The molecule has 0 heterocycles. The molecule has 5 nitrogen and oxygen atoms in total. The zero-order valence-corrected chi connectivity index (χ0v) is 14.6. The number of anilines is 1. The van der Waals surface area contributed by atoms with Crippen LogP contribution >= 0.6 is 0 Å². The summed E-state index contributed by atoms with van der Waals surface area (Å²) in [4.78, 5) is 23.6. The van der Waals surface area contributed by atoms with E-state index < -0.39 is 0 Å². The van der Waals surface area contributed by atoms with Crippen LogP contribution in [0.5, 0.6) is 5.75 Å². The Morgan fingerprint density at radius 1 is 1.26 bits per heavy atom. The average molecular weight is 320 g/mol. The third-order valence-corrected chi connectivity index (χ3v) is 3.31. The first-order valence-electron chi connectivity index (χ1n) is 8.26. The van der Waals surface area contributed by atoms with Gasteiger partial charge in [0.05, 0.1) is 12.2 Å². The van der Waals surface area contributed by atoms with Crippen molar-refractivity contribution in [3.8, 4) is 5.75 Å². The van der Waals surface area contributed by atoms with Crippen LogP contribution in [0.15, 0.2) is 18.2 Å². The fourth-order valence-corrected chi connectivity index (χ4v) is 1.99. The monoisotopic (exact) mass is 320 g/mol. The number of rotatable bonds is 9. The van der Waals surface area contributed by atoms with Crippen LogP contribution in [0, 0.1) is 5.92 Å². The summed E-state index contributed by atoms with van der Waals surface area (Å²) in [5.41, 5.74) is 1.05. The Labute approximate surface area is 138 Å². The van der Waals surface area contributed by atoms with Crippen LogP contribution in [0.3, 0.4) is 0 Å². The smallest absolute Gasteiger partial charge is 0.255 e. The highest BCUT2D eigenvalue weighted by atomic mass is 16.5. The Balaban J connectivity index is 2.88. The lowest BCUT2D eigenvalue weighted by Gasteiger charge is -2.14. The number of benzene rings is 1. The van der Waals surface area contributed by atoms with Gasteiger partial charge in [-0.3, -0.25) is 9.59 Å². The molecular weight excluding hydrogens is 292 g/mol. The minimum atomic E-state index is -0.176. The van der Waals surface area contributed by atoms with Gasteiger partial charge in [0.15, 0.2) is 0 Å². The fraction of sp³-hybridized carbons (Fsp3) is 0.556. The first kappa shape index (κ1) is 19.0. The second-order valence-electron chi connectivity index (χ2n) is 6.03. The molecule has 0 atom stereocenters. The minimum absolute atomic E-state index is 0.171. The summed E-state index contributed by atoms with van der Waals surface area (Å²) in [6.45, 7) is 8.96. The van der Waals surface area contributed by atoms with Crippen molar-refractivity contribution in [1.29, 1.82) is 0 Å². The number of amides is 2. The van der Waals surface area contributed by atoms with Gasteiger partial charge in [-0.25, -0.2) is 0 Å². The van der Waals surface area contributed by atoms with E-state index in [2.05, 4.69) is 31.4 Å². The number of unbranched alkanes of at least 4 members (excludes halogenated alkanes) is 1. The van der Waals surface area contributed by atoms with Crippen LogP contribution in [0.25, 0.3) is 0 Å². The zero-order valence-electron chi connectivity index (χ0n) is 14.6. The summed E-state index contributed by atoms with van der Waals surface area (Å²) in [7, 11) is 0. The molecule has 0 saturated heterocycles. The Morgan fingerprint density at radius 2 is 2.00 bits per heavy atom. The highest BCUT2D eigenvalue weighted by molar-refractivity contribution is 5.99. The zero-order chi connectivity index (χ0) is 17.2. The lowest BCUT2D eigenvalue weighted by Crippen LogP contribution is -2.25. The summed E-state index contributed by atoms with van der Waals surface area (Å²) in [5, 5.41) is 5.58. The molecule has 2 amide bonds. The molecule has 0 saturated carbocycles. The molecule has 1 rings (SSSR count). The van der Waals surface area contributed by atoms with Crippen molar-refractivity contribution in [2.24, 2.45) is 5.92 Å². The molecule has 0 aliphatic rings. The molecule has 0 unspecified atom stereocenters. The highest BCUT2D eigenvalue weighted by Crippen LogP contribution is 2.23. The van der Waals surface area contributed by atoms with Gasteiger partial charge in [-0.2, -0.15) is 0 Å².